The van der Waals surface area contributed by atoms with Gasteiger partial charge in [-0.1, -0.05) is 12.1 Å². The van der Waals surface area contributed by atoms with E-state index in [0.29, 0.717) is 47.8 Å². The number of fused-ring (bicyclic) bond motifs is 4. The van der Waals surface area contributed by atoms with Crippen LogP contribution < -0.4 is 15.8 Å². The molecule has 2 aromatic rings. The number of phenols is 1. The number of Topliss-reactive ketones (excluding diaryl/α,β-unsaturated/α-hetero) is 2. The number of carbonyl (C=O) groups is 3. The molecule has 1 amide bonds. The number of hydrogen-bond donors (Lipinski definition) is 6. The standard InChI is InChI=1S/C34H40N4O8/c1-37(2)26-22-14-17-13-21-24(28(40)23(17)31(42)34(22,45)32(43)25(29(26)41)33(35)44)27(39)20-12-16(15-38-9-3-10-38)4-7-19(20)30(21)46-11-8-36-18-5-6-18/h4,7,12,17-18,22,26,36,39-40,43,45H,3,5-6,8-11,13-15H2,1-2H3,(H2,35,44)/t17-,22-,26-,34-/m0/s1. The number of likely N-dealkylation sites (tertiary alicyclic amines) is 1. The van der Waals surface area contributed by atoms with E-state index in [1.807, 2.05) is 18.2 Å². The third kappa shape index (κ3) is 4.61. The summed E-state index contributed by atoms with van der Waals surface area (Å²) in [5.74, 6) is -6.25. The summed E-state index contributed by atoms with van der Waals surface area (Å²) in [5.41, 5.74) is 3.28. The van der Waals surface area contributed by atoms with Gasteiger partial charge in [0.1, 0.15) is 35.2 Å². The van der Waals surface area contributed by atoms with E-state index in [4.69, 9.17) is 10.5 Å². The number of nitrogens with two attached hydrogens (primary N) is 1. The second-order valence-corrected chi connectivity index (χ2v) is 13.6. The largest absolute Gasteiger partial charge is 0.508 e. The molecule has 1 heterocycles. The molecule has 0 aromatic heterocycles. The Labute approximate surface area is 266 Å². The highest BCUT2D eigenvalue weighted by Gasteiger charge is 2.64. The smallest absolute Gasteiger partial charge is 0.255 e. The molecule has 7 rings (SSSR count). The van der Waals surface area contributed by atoms with Gasteiger partial charge >= 0.3 is 0 Å². The molecular weight excluding hydrogens is 592 g/mol. The summed E-state index contributed by atoms with van der Waals surface area (Å²) >= 11 is 0. The summed E-state index contributed by atoms with van der Waals surface area (Å²) in [4.78, 5) is 43.7. The number of hydrogen-bond acceptors (Lipinski definition) is 11. The maximum atomic E-state index is 14.3. The molecule has 0 spiro atoms. The average molecular weight is 633 g/mol. The molecule has 3 fully saturated rings. The van der Waals surface area contributed by atoms with Crippen LogP contribution in [0.4, 0.5) is 0 Å². The van der Waals surface area contributed by atoms with Crippen molar-refractivity contribution in [3.8, 4) is 11.5 Å². The van der Waals surface area contributed by atoms with E-state index in [9.17, 15) is 34.8 Å². The first-order valence-electron chi connectivity index (χ1n) is 16.0. The van der Waals surface area contributed by atoms with Gasteiger partial charge in [0, 0.05) is 47.0 Å². The van der Waals surface area contributed by atoms with Crippen molar-refractivity contribution in [2.75, 3.05) is 40.3 Å². The predicted molar refractivity (Wildman–Crippen MR) is 168 cm³/mol. The fourth-order valence-corrected chi connectivity index (χ4v) is 7.89. The number of aromatic hydroxyl groups is 1. The molecular formula is C34H40N4O8. The molecule has 12 heteroatoms. The normalized spacial score (nSPS) is 27.9. The number of carbonyl (C=O) groups excluding carboxylic acids is 3. The Morgan fingerprint density at radius 3 is 2.52 bits per heavy atom. The Balaban J connectivity index is 1.38. The van der Waals surface area contributed by atoms with Crippen LogP contribution in [0, 0.1) is 11.8 Å². The molecule has 46 heavy (non-hydrogen) atoms. The molecule has 2 saturated carbocycles. The zero-order chi connectivity index (χ0) is 32.7. The van der Waals surface area contributed by atoms with Crippen LogP contribution >= 0.6 is 0 Å². The topological polar surface area (TPSA) is 186 Å². The highest BCUT2D eigenvalue weighted by molar-refractivity contribution is 6.24. The highest BCUT2D eigenvalue weighted by atomic mass is 16.5. The van der Waals surface area contributed by atoms with Crippen LogP contribution in [-0.4, -0.2) is 106 Å². The van der Waals surface area contributed by atoms with Crippen LogP contribution in [-0.2, 0) is 27.3 Å². The zero-order valence-corrected chi connectivity index (χ0v) is 26.0. The Morgan fingerprint density at radius 1 is 1.15 bits per heavy atom. The number of ketones is 2. The predicted octanol–water partition coefficient (Wildman–Crippen LogP) is 1.45. The Hall–Kier alpha value is -3.97. The van der Waals surface area contributed by atoms with Crippen LogP contribution in [0.1, 0.15) is 42.4 Å². The van der Waals surface area contributed by atoms with E-state index >= 15 is 0 Å². The van der Waals surface area contributed by atoms with E-state index in [1.165, 1.54) is 4.90 Å². The Kier molecular flexibility index (Phi) is 7.39. The summed E-state index contributed by atoms with van der Waals surface area (Å²) < 4.78 is 6.41. The number of phenolic OH excluding ortho intramolecular Hbond substituents is 1. The van der Waals surface area contributed by atoms with E-state index in [2.05, 4.69) is 10.2 Å². The van der Waals surface area contributed by atoms with Gasteiger partial charge in [-0.2, -0.15) is 0 Å². The van der Waals surface area contributed by atoms with E-state index in [1.54, 1.807) is 14.1 Å². The number of likely N-dealkylation sites (N-methyl/N-ethyl adjacent to an activating group) is 1. The molecule has 4 aliphatic carbocycles. The van der Waals surface area contributed by atoms with Crippen molar-refractivity contribution in [2.45, 2.75) is 56.3 Å². The van der Waals surface area contributed by atoms with Crippen molar-refractivity contribution in [1.29, 1.82) is 0 Å². The van der Waals surface area contributed by atoms with Gasteiger partial charge in [-0.25, -0.2) is 0 Å². The molecule has 4 atom stereocenters. The van der Waals surface area contributed by atoms with Gasteiger partial charge in [-0.3, -0.25) is 24.2 Å². The van der Waals surface area contributed by atoms with Crippen LogP contribution in [0.2, 0.25) is 0 Å². The number of rotatable bonds is 9. The van der Waals surface area contributed by atoms with Gasteiger partial charge in [-0.05, 0) is 76.8 Å². The summed E-state index contributed by atoms with van der Waals surface area (Å²) in [5, 5.41) is 51.2. The second-order valence-electron chi connectivity index (χ2n) is 13.6. The molecule has 0 radical (unpaired) electrons. The zero-order valence-electron chi connectivity index (χ0n) is 26.0. The quantitative estimate of drug-likeness (QED) is 0.174. The van der Waals surface area contributed by atoms with Crippen molar-refractivity contribution in [3.63, 3.8) is 0 Å². The number of amides is 1. The first-order valence-corrected chi connectivity index (χ1v) is 16.0. The Morgan fingerprint density at radius 2 is 1.89 bits per heavy atom. The first-order chi connectivity index (χ1) is 21.9. The summed E-state index contributed by atoms with van der Waals surface area (Å²) in [6.45, 7) is 3.65. The lowest BCUT2D eigenvalue weighted by atomic mass is 9.57. The fourth-order valence-electron chi connectivity index (χ4n) is 7.89. The van der Waals surface area contributed by atoms with E-state index < -0.39 is 58.0 Å². The first kappa shape index (κ1) is 30.7. The third-order valence-corrected chi connectivity index (χ3v) is 10.4. The van der Waals surface area contributed by atoms with E-state index in [0.717, 1.165) is 37.9 Å². The van der Waals surface area contributed by atoms with Crippen LogP contribution in [0.15, 0.2) is 35.1 Å². The molecule has 12 nitrogen and oxygen atoms in total. The number of primary amides is 1. The molecule has 244 valence electrons. The van der Waals surface area contributed by atoms with Gasteiger partial charge in [0.25, 0.3) is 5.91 Å². The average Bonchev–Trinajstić information content (AvgIpc) is 3.80. The molecule has 5 aliphatic rings. The van der Waals surface area contributed by atoms with E-state index in [-0.39, 0.29) is 29.7 Å². The van der Waals surface area contributed by atoms with Crippen molar-refractivity contribution >= 4 is 34.0 Å². The van der Waals surface area contributed by atoms with Crippen LogP contribution in [0.25, 0.3) is 16.5 Å². The van der Waals surface area contributed by atoms with Gasteiger partial charge in [0.05, 0.1) is 11.6 Å². The number of nitrogens with zero attached hydrogens (tertiary/aromatic N) is 2. The number of aliphatic hydroxyl groups is 3. The van der Waals surface area contributed by atoms with Crippen LogP contribution in [0.3, 0.4) is 0 Å². The van der Waals surface area contributed by atoms with Crippen molar-refractivity contribution in [2.24, 2.45) is 17.6 Å². The van der Waals surface area contributed by atoms with Crippen molar-refractivity contribution in [1.82, 2.24) is 15.1 Å². The molecule has 1 saturated heterocycles. The Bertz CT molecular complexity index is 1740. The maximum Gasteiger partial charge on any atom is 0.255 e. The number of aliphatic hydroxyl groups excluding tert-OH is 2. The molecule has 0 bridgehead atoms. The lowest BCUT2D eigenvalue weighted by Crippen LogP contribution is -2.65. The minimum Gasteiger partial charge on any atom is -0.508 e. The fraction of sp³-hybridized carbons (Fsp3) is 0.500. The monoisotopic (exact) mass is 632 g/mol. The number of nitrogens with one attached hydrogen (secondary N) is 1. The second kappa shape index (κ2) is 11.1. The minimum atomic E-state index is -2.69. The molecule has 7 N–H and O–H groups in total. The third-order valence-electron chi connectivity index (χ3n) is 10.4. The van der Waals surface area contributed by atoms with Crippen molar-refractivity contribution in [3.05, 3.63) is 51.8 Å². The van der Waals surface area contributed by atoms with Crippen molar-refractivity contribution < 1.29 is 39.5 Å². The van der Waals surface area contributed by atoms with Gasteiger partial charge in [0.2, 0.25) is 5.78 Å². The molecule has 0 unspecified atom stereocenters. The summed E-state index contributed by atoms with van der Waals surface area (Å²) in [6, 6.07) is 5.15. The minimum absolute atomic E-state index is 0.0159. The lowest BCUT2D eigenvalue weighted by molar-refractivity contribution is -0.153. The highest BCUT2D eigenvalue weighted by Crippen LogP contribution is 2.55. The number of benzene rings is 2. The van der Waals surface area contributed by atoms with Gasteiger partial charge < -0.3 is 36.2 Å². The molecule has 2 aromatic carbocycles. The van der Waals surface area contributed by atoms with Gasteiger partial charge in [0.15, 0.2) is 11.4 Å². The van der Waals surface area contributed by atoms with Crippen LogP contribution in [0.5, 0.6) is 11.5 Å². The number of ether oxygens (including phenoxy) is 1. The SMILES string of the molecule is CN(C)[C@@H]1C(=O)C(C(N)=O)=C(O)[C@@]2(O)C(=O)C3=C(O)c4c(c(OCCNC5CC5)c5ccc(CN6CCC6)cc5c4O)C[C@H]3C[C@@H]12. The van der Waals surface area contributed by atoms with Gasteiger partial charge in [-0.15, -0.1) is 0 Å². The summed E-state index contributed by atoms with van der Waals surface area (Å²) in [6.07, 6.45) is 3.58. The lowest BCUT2D eigenvalue weighted by Gasteiger charge is -2.50. The summed E-state index contributed by atoms with van der Waals surface area (Å²) in [7, 11) is 3.16. The maximum absolute atomic E-state index is 14.3. The molecule has 1 aliphatic heterocycles.